The van der Waals surface area contributed by atoms with E-state index in [0.717, 1.165) is 11.4 Å². The molecule has 3 aromatic rings. The van der Waals surface area contributed by atoms with E-state index in [9.17, 15) is 30.3 Å². The van der Waals surface area contributed by atoms with Gasteiger partial charge in [-0.3, -0.25) is 35.8 Å². The average Bonchev–Trinajstić information content (AvgIpc) is 2.79. The Morgan fingerprint density at radius 3 is 1.79 bits per heavy atom. The number of nitro benzene ring substituents is 3. The first-order chi connectivity index (χ1) is 15.7. The van der Waals surface area contributed by atoms with Gasteiger partial charge in [-0.05, 0) is 17.7 Å². The standard InChI is InChI=1S/C14H14N2S.C6H3N3O7/c15-14(16-13-9-5-2-6-10-13)17-11-12-7-3-1-4-8-12;10-6-4(8(13)14)1-3(7(11)12)2-5(6)9(15)16/h1-10H,11H2,(H2,15,16);1-2,10H. The molecule has 13 heteroatoms. The molecule has 0 spiro atoms. The maximum absolute atomic E-state index is 10.4. The van der Waals surface area contributed by atoms with Crippen LogP contribution in [0.5, 0.6) is 5.75 Å². The number of hydrogen-bond donors (Lipinski definition) is 3. The lowest BCUT2D eigenvalue weighted by Crippen LogP contribution is -2.05. The number of nitro groups is 3. The van der Waals surface area contributed by atoms with Crippen LogP contribution in [0, 0.1) is 35.8 Å². The molecule has 0 aliphatic rings. The molecule has 33 heavy (non-hydrogen) atoms. The molecule has 0 unspecified atom stereocenters. The monoisotopic (exact) mass is 471 g/mol. The predicted octanol–water partition coefficient (Wildman–Crippen LogP) is 5.08. The number of phenols is 1. The summed E-state index contributed by atoms with van der Waals surface area (Å²) in [7, 11) is 0. The third kappa shape index (κ3) is 7.59. The van der Waals surface area contributed by atoms with Crippen molar-refractivity contribution in [3.63, 3.8) is 0 Å². The smallest absolute Gasteiger partial charge is 0.324 e. The first kappa shape index (κ1) is 24.7. The molecule has 0 aromatic heterocycles. The van der Waals surface area contributed by atoms with Crippen LogP contribution >= 0.6 is 11.8 Å². The number of phenolic OH excluding ortho intramolecular Hbond substituents is 1. The summed E-state index contributed by atoms with van der Waals surface area (Å²) >= 11 is 1.50. The Balaban J connectivity index is 0.000000234. The van der Waals surface area contributed by atoms with E-state index in [1.54, 1.807) is 0 Å². The largest absolute Gasteiger partial charge is 0.497 e. The van der Waals surface area contributed by atoms with E-state index >= 15 is 0 Å². The Morgan fingerprint density at radius 1 is 0.848 bits per heavy atom. The minimum absolute atomic E-state index is 0.447. The summed E-state index contributed by atoms with van der Waals surface area (Å²) in [6, 6.07) is 20.9. The molecule has 0 aliphatic carbocycles. The van der Waals surface area contributed by atoms with Crippen LogP contribution in [0.2, 0.25) is 0 Å². The molecule has 0 heterocycles. The molecule has 0 saturated carbocycles. The van der Waals surface area contributed by atoms with Crippen molar-refractivity contribution in [2.45, 2.75) is 5.75 Å². The zero-order valence-electron chi connectivity index (χ0n) is 16.8. The van der Waals surface area contributed by atoms with Gasteiger partial charge in [0.25, 0.3) is 11.4 Å². The maximum atomic E-state index is 10.4. The number of nitrogens with zero attached hydrogens (tertiary/aromatic N) is 3. The first-order valence-corrected chi connectivity index (χ1v) is 10.0. The van der Waals surface area contributed by atoms with Gasteiger partial charge in [0.1, 0.15) is 0 Å². The van der Waals surface area contributed by atoms with E-state index in [1.165, 1.54) is 17.3 Å². The summed E-state index contributed by atoms with van der Waals surface area (Å²) in [5.41, 5.74) is -0.812. The molecule has 0 radical (unpaired) electrons. The number of aromatic hydroxyl groups is 1. The number of nitrogens with one attached hydrogen (secondary N) is 2. The van der Waals surface area contributed by atoms with Gasteiger partial charge in [-0.15, -0.1) is 0 Å². The second-order valence-electron chi connectivity index (χ2n) is 6.20. The minimum Gasteiger partial charge on any atom is -0.497 e. The van der Waals surface area contributed by atoms with Crippen molar-refractivity contribution in [2.75, 3.05) is 5.32 Å². The fourth-order valence-corrected chi connectivity index (χ4v) is 3.09. The van der Waals surface area contributed by atoms with Crippen LogP contribution in [-0.2, 0) is 5.75 Å². The molecular formula is C20H17N5O7S. The van der Waals surface area contributed by atoms with Crippen LogP contribution in [-0.4, -0.2) is 25.0 Å². The second-order valence-corrected chi connectivity index (χ2v) is 7.18. The molecule has 3 N–H and O–H groups in total. The van der Waals surface area contributed by atoms with Crippen LogP contribution in [0.15, 0.2) is 72.8 Å². The van der Waals surface area contributed by atoms with Crippen molar-refractivity contribution >= 4 is 39.7 Å². The average molecular weight is 471 g/mol. The third-order valence-corrected chi connectivity index (χ3v) is 4.78. The molecule has 0 atom stereocenters. The number of amidine groups is 1. The molecule has 0 saturated heterocycles. The number of thioether (sulfide) groups is 1. The number of rotatable bonds is 6. The van der Waals surface area contributed by atoms with Crippen molar-refractivity contribution in [1.29, 1.82) is 5.41 Å². The van der Waals surface area contributed by atoms with Gasteiger partial charge in [0.05, 0.1) is 26.9 Å². The molecule has 3 aromatic carbocycles. The van der Waals surface area contributed by atoms with Gasteiger partial charge in [-0.2, -0.15) is 0 Å². The summed E-state index contributed by atoms with van der Waals surface area (Å²) in [5, 5.41) is 51.6. The topological polar surface area (TPSA) is 186 Å². The predicted molar refractivity (Wildman–Crippen MR) is 124 cm³/mol. The molecule has 0 amide bonds. The SMILES string of the molecule is N=C(Nc1ccccc1)SCc1ccccc1.O=[N+]([O-])c1cc([N+](=O)[O-])c(O)c([N+](=O)[O-])c1. The van der Waals surface area contributed by atoms with Crippen molar-refractivity contribution in [3.05, 3.63) is 109 Å². The van der Waals surface area contributed by atoms with Gasteiger partial charge >= 0.3 is 11.4 Å². The van der Waals surface area contributed by atoms with Crippen LogP contribution in [0.4, 0.5) is 22.7 Å². The Bertz CT molecular complexity index is 1120. The highest BCUT2D eigenvalue weighted by Gasteiger charge is 2.30. The minimum atomic E-state index is -1.21. The van der Waals surface area contributed by atoms with Gasteiger partial charge in [0, 0.05) is 11.4 Å². The van der Waals surface area contributed by atoms with Crippen molar-refractivity contribution in [2.24, 2.45) is 0 Å². The van der Waals surface area contributed by atoms with Gasteiger partial charge in [-0.1, -0.05) is 60.3 Å². The van der Waals surface area contributed by atoms with E-state index in [4.69, 9.17) is 10.5 Å². The third-order valence-electron chi connectivity index (χ3n) is 3.92. The van der Waals surface area contributed by atoms with E-state index < -0.39 is 37.6 Å². The number of para-hydroxylation sites is 1. The van der Waals surface area contributed by atoms with Crippen LogP contribution in [0.3, 0.4) is 0 Å². The Kier molecular flexibility index (Phi) is 8.82. The number of hydrogen-bond acceptors (Lipinski definition) is 9. The molecular weight excluding hydrogens is 454 g/mol. The molecule has 170 valence electrons. The number of anilines is 1. The summed E-state index contributed by atoms with van der Waals surface area (Å²) in [6.45, 7) is 0. The van der Waals surface area contributed by atoms with E-state index in [0.29, 0.717) is 17.3 Å². The first-order valence-electron chi connectivity index (χ1n) is 9.06. The quantitative estimate of drug-likeness (QED) is 0.191. The summed E-state index contributed by atoms with van der Waals surface area (Å²) in [4.78, 5) is 27.8. The Morgan fingerprint density at radius 2 is 1.33 bits per heavy atom. The van der Waals surface area contributed by atoms with Crippen molar-refractivity contribution < 1.29 is 19.9 Å². The molecule has 12 nitrogen and oxygen atoms in total. The summed E-state index contributed by atoms with van der Waals surface area (Å²) < 4.78 is 0. The van der Waals surface area contributed by atoms with Crippen molar-refractivity contribution in [1.82, 2.24) is 0 Å². The fraction of sp³-hybridized carbons (Fsp3) is 0.0500. The lowest BCUT2D eigenvalue weighted by atomic mass is 10.2. The molecule has 0 fully saturated rings. The zero-order valence-corrected chi connectivity index (χ0v) is 17.6. The lowest BCUT2D eigenvalue weighted by Gasteiger charge is -2.07. The van der Waals surface area contributed by atoms with Gasteiger partial charge in [0.2, 0.25) is 0 Å². The van der Waals surface area contributed by atoms with Crippen LogP contribution in [0.1, 0.15) is 5.56 Å². The Hall–Kier alpha value is -4.52. The van der Waals surface area contributed by atoms with E-state index in [2.05, 4.69) is 17.4 Å². The highest BCUT2D eigenvalue weighted by molar-refractivity contribution is 8.13. The molecule has 0 aliphatic heterocycles. The normalized spacial score (nSPS) is 9.82. The van der Waals surface area contributed by atoms with Gasteiger partial charge < -0.3 is 10.4 Å². The van der Waals surface area contributed by atoms with E-state index in [1.807, 2.05) is 48.5 Å². The number of benzene rings is 3. The fourth-order valence-electron chi connectivity index (χ4n) is 2.39. The lowest BCUT2D eigenvalue weighted by molar-refractivity contribution is -0.404. The molecule has 3 rings (SSSR count). The maximum Gasteiger partial charge on any atom is 0.324 e. The van der Waals surface area contributed by atoms with Crippen LogP contribution in [0.25, 0.3) is 0 Å². The summed E-state index contributed by atoms with van der Waals surface area (Å²) in [6.07, 6.45) is 0. The van der Waals surface area contributed by atoms with Gasteiger partial charge in [0.15, 0.2) is 5.17 Å². The highest BCUT2D eigenvalue weighted by Crippen LogP contribution is 2.38. The highest BCUT2D eigenvalue weighted by atomic mass is 32.2. The zero-order chi connectivity index (χ0) is 24.4. The van der Waals surface area contributed by atoms with E-state index in [-0.39, 0.29) is 0 Å². The second kappa shape index (κ2) is 11.8. The van der Waals surface area contributed by atoms with Crippen LogP contribution < -0.4 is 5.32 Å². The van der Waals surface area contributed by atoms with Crippen molar-refractivity contribution in [3.8, 4) is 5.75 Å². The number of non-ortho nitro benzene ring substituents is 1. The Labute approximate surface area is 190 Å². The van der Waals surface area contributed by atoms with Gasteiger partial charge in [-0.25, -0.2) is 0 Å². The summed E-state index contributed by atoms with van der Waals surface area (Å²) in [5.74, 6) is -0.389. The molecule has 0 bridgehead atoms.